The summed E-state index contributed by atoms with van der Waals surface area (Å²) in [6, 6.07) is 3.46. The molecule has 2 heterocycles. The van der Waals surface area contributed by atoms with E-state index in [1.54, 1.807) is 0 Å². The van der Waals surface area contributed by atoms with Crippen LogP contribution in [0.3, 0.4) is 0 Å². The molecule has 0 fully saturated rings. The van der Waals surface area contributed by atoms with Crippen LogP contribution in [0.25, 0.3) is 11.2 Å². The monoisotopic (exact) mass is 315 g/mol. The van der Waals surface area contributed by atoms with E-state index in [2.05, 4.69) is 25.3 Å². The number of nitro groups is 2. The van der Waals surface area contributed by atoms with Crippen LogP contribution in [-0.4, -0.2) is 29.8 Å². The van der Waals surface area contributed by atoms with E-state index in [0.717, 1.165) is 6.07 Å². The van der Waals surface area contributed by atoms with E-state index in [-0.39, 0.29) is 17.9 Å². The summed E-state index contributed by atoms with van der Waals surface area (Å²) in [6.45, 7) is 0.119. The second-order valence-electron chi connectivity index (χ2n) is 4.55. The Morgan fingerprint density at radius 1 is 1.04 bits per heavy atom. The molecule has 11 nitrogen and oxygen atoms in total. The summed E-state index contributed by atoms with van der Waals surface area (Å²) >= 11 is 0. The number of nitro benzene ring substituents is 2. The number of nitrogens with one attached hydrogen (secondary N) is 2. The molecule has 0 radical (unpaired) electrons. The van der Waals surface area contributed by atoms with Gasteiger partial charge in [0.05, 0.1) is 22.2 Å². The Morgan fingerprint density at radius 3 is 2.39 bits per heavy atom. The summed E-state index contributed by atoms with van der Waals surface area (Å²) in [7, 11) is 0. The van der Waals surface area contributed by atoms with Gasteiger partial charge in [-0.25, -0.2) is 15.0 Å². The van der Waals surface area contributed by atoms with Crippen molar-refractivity contribution in [3.63, 3.8) is 0 Å². The van der Waals surface area contributed by atoms with Crippen LogP contribution in [0, 0.1) is 20.2 Å². The summed E-state index contributed by atoms with van der Waals surface area (Å²) in [5.74, 6) is 0.446. The van der Waals surface area contributed by atoms with Crippen molar-refractivity contribution in [2.45, 2.75) is 6.54 Å². The van der Waals surface area contributed by atoms with Crippen molar-refractivity contribution in [1.29, 1.82) is 0 Å². The smallest absolute Gasteiger partial charge is 0.276 e. The lowest BCUT2D eigenvalue weighted by atomic mass is 10.1. The highest BCUT2D eigenvalue weighted by Crippen LogP contribution is 2.23. The maximum absolute atomic E-state index is 10.9. The van der Waals surface area contributed by atoms with Gasteiger partial charge in [0, 0.05) is 18.7 Å². The predicted octanol–water partition coefficient (Wildman–Crippen LogP) is 1.78. The fourth-order valence-electron chi connectivity index (χ4n) is 2.05. The van der Waals surface area contributed by atoms with Crippen molar-refractivity contribution < 1.29 is 9.85 Å². The molecule has 1 aromatic carbocycles. The molecular weight excluding hydrogens is 306 g/mol. The molecule has 3 rings (SSSR count). The van der Waals surface area contributed by atoms with Crippen LogP contribution in [-0.2, 0) is 6.54 Å². The first kappa shape index (κ1) is 14.3. The lowest BCUT2D eigenvalue weighted by molar-refractivity contribution is -0.394. The Kier molecular flexibility index (Phi) is 3.51. The van der Waals surface area contributed by atoms with Crippen LogP contribution < -0.4 is 5.32 Å². The maximum atomic E-state index is 10.9. The van der Waals surface area contributed by atoms with Gasteiger partial charge in [-0.2, -0.15) is 0 Å². The Morgan fingerprint density at radius 2 is 1.74 bits per heavy atom. The van der Waals surface area contributed by atoms with Crippen molar-refractivity contribution in [2.75, 3.05) is 5.32 Å². The zero-order chi connectivity index (χ0) is 16.4. The van der Waals surface area contributed by atoms with Crippen molar-refractivity contribution in [3.8, 4) is 0 Å². The van der Waals surface area contributed by atoms with Gasteiger partial charge in [0.1, 0.15) is 11.8 Å². The highest BCUT2D eigenvalue weighted by molar-refractivity contribution is 5.81. The molecule has 0 aliphatic rings. The number of imidazole rings is 1. The molecule has 2 aromatic heterocycles. The second-order valence-corrected chi connectivity index (χ2v) is 4.55. The minimum atomic E-state index is -0.672. The Labute approximate surface area is 127 Å². The first-order valence-electron chi connectivity index (χ1n) is 6.35. The molecule has 2 N–H and O–H groups in total. The molecule has 11 heteroatoms. The lowest BCUT2D eigenvalue weighted by Crippen LogP contribution is -2.04. The number of nitrogens with zero attached hydrogens (tertiary/aromatic N) is 5. The number of non-ortho nitro benzene ring substituents is 2. The molecule has 23 heavy (non-hydrogen) atoms. The van der Waals surface area contributed by atoms with Crippen molar-refractivity contribution in [2.24, 2.45) is 0 Å². The van der Waals surface area contributed by atoms with Crippen LogP contribution in [0.5, 0.6) is 0 Å². The fourth-order valence-corrected chi connectivity index (χ4v) is 2.05. The summed E-state index contributed by atoms with van der Waals surface area (Å²) in [4.78, 5) is 35.3. The van der Waals surface area contributed by atoms with Gasteiger partial charge in [0.25, 0.3) is 11.4 Å². The summed E-state index contributed by atoms with van der Waals surface area (Å²) in [5.41, 5.74) is 0.743. The molecule has 0 amide bonds. The molecule has 116 valence electrons. The molecule has 0 aliphatic heterocycles. The number of benzene rings is 1. The van der Waals surface area contributed by atoms with Gasteiger partial charge < -0.3 is 10.3 Å². The summed E-state index contributed by atoms with van der Waals surface area (Å²) < 4.78 is 0. The Balaban J connectivity index is 1.89. The number of anilines is 1. The third-order valence-electron chi connectivity index (χ3n) is 3.07. The van der Waals surface area contributed by atoms with Crippen molar-refractivity contribution in [1.82, 2.24) is 19.9 Å². The molecule has 0 saturated heterocycles. The fraction of sp³-hybridized carbons (Fsp3) is 0.0833. The average molecular weight is 315 g/mol. The quantitative estimate of drug-likeness (QED) is 0.533. The number of aromatic nitrogens is 4. The third-order valence-corrected chi connectivity index (χ3v) is 3.07. The number of aromatic amines is 1. The first-order chi connectivity index (χ1) is 11.0. The number of rotatable bonds is 5. The zero-order valence-electron chi connectivity index (χ0n) is 11.5. The Hall–Kier alpha value is -3.63. The summed E-state index contributed by atoms with van der Waals surface area (Å²) in [6.07, 6.45) is 2.78. The highest BCUT2D eigenvalue weighted by atomic mass is 16.6. The third kappa shape index (κ3) is 2.88. The molecular formula is C12H9N7O4. The molecule has 0 atom stereocenters. The predicted molar refractivity (Wildman–Crippen MR) is 78.8 cm³/mol. The van der Waals surface area contributed by atoms with E-state index >= 15 is 0 Å². The minimum Gasteiger partial charge on any atom is -0.364 e. The van der Waals surface area contributed by atoms with E-state index in [9.17, 15) is 20.2 Å². The molecule has 3 aromatic rings. The number of hydrogen-bond donors (Lipinski definition) is 2. The number of H-pyrrole nitrogens is 1. The number of fused-ring (bicyclic) bond motifs is 1. The molecule has 0 aliphatic carbocycles. The molecule has 0 bridgehead atoms. The van der Waals surface area contributed by atoms with Gasteiger partial charge in [-0.3, -0.25) is 20.2 Å². The topological polar surface area (TPSA) is 153 Å². The SMILES string of the molecule is O=[N+]([O-])c1cc(CNc2ncnc3nc[nH]c23)cc([N+](=O)[O-])c1. The molecule has 0 spiro atoms. The van der Waals surface area contributed by atoms with Crippen molar-refractivity contribution >= 4 is 28.4 Å². The van der Waals surface area contributed by atoms with E-state index in [1.807, 2.05) is 0 Å². The summed E-state index contributed by atoms with van der Waals surface area (Å²) in [5, 5.41) is 24.7. The highest BCUT2D eigenvalue weighted by Gasteiger charge is 2.16. The average Bonchev–Trinajstić information content (AvgIpc) is 3.01. The lowest BCUT2D eigenvalue weighted by Gasteiger charge is -2.06. The largest absolute Gasteiger partial charge is 0.364 e. The van der Waals surface area contributed by atoms with Crippen LogP contribution in [0.15, 0.2) is 30.9 Å². The molecule has 0 unspecified atom stereocenters. The van der Waals surface area contributed by atoms with Gasteiger partial charge in [0.2, 0.25) is 0 Å². The van der Waals surface area contributed by atoms with Gasteiger partial charge in [-0.1, -0.05) is 0 Å². The molecule has 0 saturated carbocycles. The van der Waals surface area contributed by atoms with Gasteiger partial charge >= 0.3 is 0 Å². The van der Waals surface area contributed by atoms with Crippen LogP contribution >= 0.6 is 0 Å². The zero-order valence-corrected chi connectivity index (χ0v) is 11.5. The first-order valence-corrected chi connectivity index (χ1v) is 6.35. The van der Waals surface area contributed by atoms with Gasteiger partial charge in [0.15, 0.2) is 11.5 Å². The van der Waals surface area contributed by atoms with E-state index in [4.69, 9.17) is 0 Å². The van der Waals surface area contributed by atoms with Crippen LogP contribution in [0.1, 0.15) is 5.56 Å². The van der Waals surface area contributed by atoms with Crippen LogP contribution in [0.4, 0.5) is 17.2 Å². The van der Waals surface area contributed by atoms with Crippen molar-refractivity contribution in [3.05, 3.63) is 56.6 Å². The normalized spacial score (nSPS) is 10.6. The van der Waals surface area contributed by atoms with E-state index in [1.165, 1.54) is 24.8 Å². The van der Waals surface area contributed by atoms with E-state index in [0.29, 0.717) is 22.5 Å². The minimum absolute atomic E-state index is 0.119. The van der Waals surface area contributed by atoms with Crippen LogP contribution in [0.2, 0.25) is 0 Å². The van der Waals surface area contributed by atoms with Gasteiger partial charge in [-0.05, 0) is 5.56 Å². The van der Waals surface area contributed by atoms with Gasteiger partial charge in [-0.15, -0.1) is 0 Å². The van der Waals surface area contributed by atoms with E-state index < -0.39 is 9.85 Å². The maximum Gasteiger partial charge on any atom is 0.276 e. The number of hydrogen-bond acceptors (Lipinski definition) is 8. The second kappa shape index (κ2) is 5.63. The Bertz CT molecular complexity index is 875. The standard InChI is InChI=1S/C12H9N7O4/c20-18(21)8-1-7(2-9(3-8)19(22)23)4-13-11-10-12(15-5-14-10)17-6-16-11/h1-3,5-6H,4H2,(H2,13,14,15,16,17).